The SMILES string of the molecule is Cc1nc(CC(=O)OCc2ccc(C#N)cc2)cs1. The van der Waals surface area contributed by atoms with E-state index >= 15 is 0 Å². The summed E-state index contributed by atoms with van der Waals surface area (Å²) in [4.78, 5) is 15.8. The molecule has 4 nitrogen and oxygen atoms in total. The molecule has 1 aromatic carbocycles. The lowest BCUT2D eigenvalue weighted by Gasteiger charge is -2.03. The van der Waals surface area contributed by atoms with Crippen LogP contribution >= 0.6 is 11.3 Å². The Morgan fingerprint density at radius 1 is 1.42 bits per heavy atom. The van der Waals surface area contributed by atoms with Gasteiger partial charge in [0, 0.05) is 5.38 Å². The molecule has 0 saturated heterocycles. The number of hydrogen-bond donors (Lipinski definition) is 0. The molecule has 2 rings (SSSR count). The minimum Gasteiger partial charge on any atom is -0.461 e. The van der Waals surface area contributed by atoms with Gasteiger partial charge in [0.2, 0.25) is 0 Å². The van der Waals surface area contributed by atoms with Gasteiger partial charge in [-0.05, 0) is 24.6 Å². The Morgan fingerprint density at radius 2 is 2.16 bits per heavy atom. The Labute approximate surface area is 115 Å². The summed E-state index contributed by atoms with van der Waals surface area (Å²) >= 11 is 1.52. The van der Waals surface area contributed by atoms with Gasteiger partial charge in [0.25, 0.3) is 0 Å². The summed E-state index contributed by atoms with van der Waals surface area (Å²) in [5.41, 5.74) is 2.20. The van der Waals surface area contributed by atoms with Gasteiger partial charge in [-0.1, -0.05) is 12.1 Å². The quantitative estimate of drug-likeness (QED) is 0.803. The molecule has 0 atom stereocenters. The predicted molar refractivity (Wildman–Crippen MR) is 71.5 cm³/mol. The van der Waals surface area contributed by atoms with Crippen molar-refractivity contribution in [3.05, 3.63) is 51.5 Å². The average molecular weight is 272 g/mol. The van der Waals surface area contributed by atoms with E-state index in [0.717, 1.165) is 16.3 Å². The molecule has 0 bridgehead atoms. The summed E-state index contributed by atoms with van der Waals surface area (Å²) in [6, 6.07) is 9.00. The number of esters is 1. The number of carbonyl (C=O) groups excluding carboxylic acids is 1. The van der Waals surface area contributed by atoms with Gasteiger partial charge in [0.1, 0.15) is 6.61 Å². The van der Waals surface area contributed by atoms with Gasteiger partial charge in [-0.15, -0.1) is 11.3 Å². The van der Waals surface area contributed by atoms with Crippen molar-refractivity contribution in [3.63, 3.8) is 0 Å². The molecule has 0 amide bonds. The van der Waals surface area contributed by atoms with Crippen molar-refractivity contribution < 1.29 is 9.53 Å². The van der Waals surface area contributed by atoms with E-state index in [4.69, 9.17) is 10.00 Å². The van der Waals surface area contributed by atoms with E-state index in [9.17, 15) is 4.79 Å². The summed E-state index contributed by atoms with van der Waals surface area (Å²) in [5, 5.41) is 11.5. The lowest BCUT2D eigenvalue weighted by atomic mass is 10.2. The van der Waals surface area contributed by atoms with Crippen LogP contribution in [0.2, 0.25) is 0 Å². The Bertz CT molecular complexity index is 611. The van der Waals surface area contributed by atoms with Crippen LogP contribution < -0.4 is 0 Å². The first-order valence-electron chi connectivity index (χ1n) is 5.73. The first-order chi connectivity index (χ1) is 9.17. The number of rotatable bonds is 4. The zero-order valence-electron chi connectivity index (χ0n) is 10.4. The van der Waals surface area contributed by atoms with Crippen LogP contribution in [0.5, 0.6) is 0 Å². The molecule has 19 heavy (non-hydrogen) atoms. The molecule has 96 valence electrons. The van der Waals surface area contributed by atoms with E-state index in [1.54, 1.807) is 24.3 Å². The van der Waals surface area contributed by atoms with Crippen LogP contribution in [0.4, 0.5) is 0 Å². The van der Waals surface area contributed by atoms with Crippen LogP contribution in [0.25, 0.3) is 0 Å². The zero-order valence-corrected chi connectivity index (χ0v) is 11.2. The van der Waals surface area contributed by atoms with Crippen molar-refractivity contribution >= 4 is 17.3 Å². The number of aryl methyl sites for hydroxylation is 1. The highest BCUT2D eigenvalue weighted by Gasteiger charge is 2.07. The predicted octanol–water partition coefficient (Wildman–Crippen LogP) is 2.61. The monoisotopic (exact) mass is 272 g/mol. The normalized spacial score (nSPS) is 9.89. The number of carbonyl (C=O) groups is 1. The number of hydrogen-bond acceptors (Lipinski definition) is 5. The summed E-state index contributed by atoms with van der Waals surface area (Å²) in [5.74, 6) is -0.297. The Hall–Kier alpha value is -2.19. The van der Waals surface area contributed by atoms with Crippen LogP contribution in [0.15, 0.2) is 29.6 Å². The third kappa shape index (κ3) is 3.90. The zero-order chi connectivity index (χ0) is 13.7. The van der Waals surface area contributed by atoms with E-state index in [2.05, 4.69) is 4.98 Å². The highest BCUT2D eigenvalue weighted by molar-refractivity contribution is 7.09. The van der Waals surface area contributed by atoms with Crippen molar-refractivity contribution in [2.45, 2.75) is 20.0 Å². The Morgan fingerprint density at radius 3 is 2.74 bits per heavy atom. The summed E-state index contributed by atoms with van der Waals surface area (Å²) < 4.78 is 5.16. The second-order valence-electron chi connectivity index (χ2n) is 4.00. The maximum atomic E-state index is 11.6. The number of thiazole rings is 1. The van der Waals surface area contributed by atoms with Gasteiger partial charge in [-0.2, -0.15) is 5.26 Å². The fraction of sp³-hybridized carbons (Fsp3) is 0.214. The largest absolute Gasteiger partial charge is 0.461 e. The van der Waals surface area contributed by atoms with E-state index in [1.165, 1.54) is 11.3 Å². The smallest absolute Gasteiger partial charge is 0.312 e. The minimum atomic E-state index is -0.297. The number of nitrogens with zero attached hydrogens (tertiary/aromatic N) is 2. The first-order valence-corrected chi connectivity index (χ1v) is 6.61. The molecule has 0 spiro atoms. The molecule has 0 radical (unpaired) electrons. The Kier molecular flexibility index (Phi) is 4.26. The number of benzene rings is 1. The molecule has 0 aliphatic carbocycles. The van der Waals surface area contributed by atoms with Crippen LogP contribution in [0.1, 0.15) is 21.8 Å². The fourth-order valence-electron chi connectivity index (χ4n) is 1.53. The molecule has 0 saturated carbocycles. The molecule has 2 aromatic rings. The van der Waals surface area contributed by atoms with Crippen LogP contribution in [0, 0.1) is 18.3 Å². The lowest BCUT2D eigenvalue weighted by molar-refractivity contribution is -0.144. The number of nitriles is 1. The van der Waals surface area contributed by atoms with Crippen molar-refractivity contribution in [3.8, 4) is 6.07 Å². The maximum Gasteiger partial charge on any atom is 0.312 e. The highest BCUT2D eigenvalue weighted by Crippen LogP contribution is 2.10. The van der Waals surface area contributed by atoms with Crippen molar-refractivity contribution in [2.24, 2.45) is 0 Å². The van der Waals surface area contributed by atoms with Gasteiger partial charge < -0.3 is 4.74 Å². The standard InChI is InChI=1S/C14H12N2O2S/c1-10-16-13(9-19-10)6-14(17)18-8-12-4-2-11(7-15)3-5-12/h2-5,9H,6,8H2,1H3. The van der Waals surface area contributed by atoms with Crippen molar-refractivity contribution in [1.82, 2.24) is 4.98 Å². The molecule has 0 N–H and O–H groups in total. The van der Waals surface area contributed by atoms with E-state index in [1.807, 2.05) is 18.4 Å². The molecule has 0 unspecified atom stereocenters. The third-order valence-electron chi connectivity index (χ3n) is 2.47. The van der Waals surface area contributed by atoms with Crippen molar-refractivity contribution in [1.29, 1.82) is 5.26 Å². The molecule has 0 aliphatic heterocycles. The van der Waals surface area contributed by atoms with Crippen LogP contribution in [-0.4, -0.2) is 11.0 Å². The van der Waals surface area contributed by atoms with Crippen molar-refractivity contribution in [2.75, 3.05) is 0 Å². The summed E-state index contributed by atoms with van der Waals surface area (Å²) in [6.45, 7) is 2.11. The summed E-state index contributed by atoms with van der Waals surface area (Å²) in [6.07, 6.45) is 0.195. The maximum absolute atomic E-state index is 11.6. The lowest BCUT2D eigenvalue weighted by Crippen LogP contribution is -2.08. The van der Waals surface area contributed by atoms with Gasteiger partial charge in [0.15, 0.2) is 0 Å². The van der Waals surface area contributed by atoms with E-state index in [0.29, 0.717) is 5.56 Å². The van der Waals surface area contributed by atoms with E-state index in [-0.39, 0.29) is 19.0 Å². The second-order valence-corrected chi connectivity index (χ2v) is 5.07. The molecule has 5 heteroatoms. The van der Waals surface area contributed by atoms with Crippen LogP contribution in [-0.2, 0) is 22.6 Å². The topological polar surface area (TPSA) is 63.0 Å². The summed E-state index contributed by atoms with van der Waals surface area (Å²) in [7, 11) is 0. The molecular weight excluding hydrogens is 260 g/mol. The van der Waals surface area contributed by atoms with E-state index < -0.39 is 0 Å². The average Bonchev–Trinajstić information content (AvgIpc) is 2.82. The highest BCUT2D eigenvalue weighted by atomic mass is 32.1. The fourth-order valence-corrected chi connectivity index (χ4v) is 2.14. The first kappa shape index (κ1) is 13.2. The molecule has 1 aromatic heterocycles. The third-order valence-corrected chi connectivity index (χ3v) is 3.30. The number of ether oxygens (including phenoxy) is 1. The minimum absolute atomic E-state index is 0.195. The molecular formula is C14H12N2O2S. The number of aromatic nitrogens is 1. The second kappa shape index (κ2) is 6.12. The van der Waals surface area contributed by atoms with Crippen LogP contribution in [0.3, 0.4) is 0 Å². The molecule has 0 aliphatic rings. The Balaban J connectivity index is 1.84. The van der Waals surface area contributed by atoms with Gasteiger partial charge in [0.05, 0.1) is 28.8 Å². The van der Waals surface area contributed by atoms with Gasteiger partial charge >= 0.3 is 5.97 Å². The van der Waals surface area contributed by atoms with Gasteiger partial charge in [-0.3, -0.25) is 4.79 Å². The molecule has 0 fully saturated rings. The van der Waals surface area contributed by atoms with Gasteiger partial charge in [-0.25, -0.2) is 4.98 Å². The molecule has 1 heterocycles.